The van der Waals surface area contributed by atoms with E-state index in [0.717, 1.165) is 12.1 Å². The summed E-state index contributed by atoms with van der Waals surface area (Å²) < 4.78 is 44.1. The van der Waals surface area contributed by atoms with Crippen molar-refractivity contribution in [2.45, 2.75) is 25.6 Å². The van der Waals surface area contributed by atoms with E-state index in [9.17, 15) is 18.0 Å². The zero-order chi connectivity index (χ0) is 17.8. The molecule has 0 unspecified atom stereocenters. The third-order valence-electron chi connectivity index (χ3n) is 4.28. The van der Waals surface area contributed by atoms with Gasteiger partial charge in [0, 0.05) is 19.3 Å². The van der Waals surface area contributed by atoms with E-state index in [1.807, 2.05) is 0 Å². The second-order valence-electron chi connectivity index (χ2n) is 6.04. The monoisotopic (exact) mass is 345 g/mol. The lowest BCUT2D eigenvalue weighted by Crippen LogP contribution is -2.47. The largest absolute Gasteiger partial charge is 0.416 e. The summed E-state index contributed by atoms with van der Waals surface area (Å²) in [5.41, 5.74) is 4.32. The number of nitrogens with one attached hydrogen (secondary N) is 2. The molecule has 1 fully saturated rings. The normalized spacial score (nSPS) is 17.5. The summed E-state index contributed by atoms with van der Waals surface area (Å²) >= 11 is 0. The maximum atomic E-state index is 13.0. The van der Waals surface area contributed by atoms with Crippen molar-refractivity contribution < 1.29 is 22.7 Å². The van der Waals surface area contributed by atoms with Crippen LogP contribution < -0.4 is 16.4 Å². The van der Waals surface area contributed by atoms with Crippen LogP contribution in [-0.2, 0) is 22.3 Å². The van der Waals surface area contributed by atoms with Crippen molar-refractivity contribution in [1.82, 2.24) is 5.32 Å². The van der Waals surface area contributed by atoms with E-state index >= 15 is 0 Å². The van der Waals surface area contributed by atoms with E-state index in [2.05, 4.69) is 10.6 Å². The summed E-state index contributed by atoms with van der Waals surface area (Å²) in [6.45, 7) is 1.50. The number of rotatable bonds is 5. The molecule has 0 bridgehead atoms. The van der Waals surface area contributed by atoms with Gasteiger partial charge in [0.25, 0.3) is 0 Å². The standard InChI is InChI=1S/C16H22F3N3O2/c1-24-10-15(2-4-21-5-3-15)14(23)22-13-7-11(9-20)6-12(8-13)16(17,18)19/h6-8,21H,2-5,9-10,20H2,1H3,(H,22,23). The predicted octanol–water partition coefficient (Wildman–Crippen LogP) is 2.12. The van der Waals surface area contributed by atoms with Gasteiger partial charge in [-0.05, 0) is 49.7 Å². The molecule has 1 amide bonds. The first-order valence-corrected chi connectivity index (χ1v) is 7.73. The Morgan fingerprint density at radius 3 is 2.54 bits per heavy atom. The first kappa shape index (κ1) is 18.7. The summed E-state index contributed by atoms with van der Waals surface area (Å²) in [7, 11) is 1.51. The van der Waals surface area contributed by atoms with Crippen LogP contribution in [0, 0.1) is 5.41 Å². The molecular weight excluding hydrogens is 323 g/mol. The molecule has 0 aliphatic carbocycles. The van der Waals surface area contributed by atoms with Crippen LogP contribution in [0.15, 0.2) is 18.2 Å². The van der Waals surface area contributed by atoms with E-state index in [1.54, 1.807) is 0 Å². The number of carbonyl (C=O) groups is 1. The molecule has 4 N–H and O–H groups in total. The molecule has 0 radical (unpaired) electrons. The maximum Gasteiger partial charge on any atom is 0.416 e. The zero-order valence-corrected chi connectivity index (χ0v) is 13.5. The molecule has 0 atom stereocenters. The number of hydrogen-bond donors (Lipinski definition) is 3. The highest BCUT2D eigenvalue weighted by Crippen LogP contribution is 2.34. The third kappa shape index (κ3) is 4.25. The molecule has 134 valence electrons. The van der Waals surface area contributed by atoms with Crippen molar-refractivity contribution in [1.29, 1.82) is 0 Å². The fraction of sp³-hybridized carbons (Fsp3) is 0.562. The first-order valence-electron chi connectivity index (χ1n) is 7.73. The summed E-state index contributed by atoms with van der Waals surface area (Å²) in [6, 6.07) is 3.39. The number of amides is 1. The van der Waals surface area contributed by atoms with Gasteiger partial charge in [-0.2, -0.15) is 13.2 Å². The number of hydrogen-bond acceptors (Lipinski definition) is 4. The Bertz CT molecular complexity index is 579. The fourth-order valence-corrected chi connectivity index (χ4v) is 2.93. The highest BCUT2D eigenvalue weighted by molar-refractivity contribution is 5.95. The number of anilines is 1. The van der Waals surface area contributed by atoms with E-state index in [1.165, 1.54) is 13.2 Å². The van der Waals surface area contributed by atoms with Gasteiger partial charge in [0.05, 0.1) is 17.6 Å². The molecule has 0 spiro atoms. The molecule has 1 heterocycles. The van der Waals surface area contributed by atoms with E-state index in [-0.39, 0.29) is 24.7 Å². The average Bonchev–Trinajstić information content (AvgIpc) is 2.54. The van der Waals surface area contributed by atoms with Crippen LogP contribution in [0.2, 0.25) is 0 Å². The molecule has 1 aliphatic heterocycles. The van der Waals surface area contributed by atoms with Gasteiger partial charge in [0.15, 0.2) is 0 Å². The molecule has 0 saturated carbocycles. The molecule has 1 aromatic rings. The Kier molecular flexibility index (Phi) is 5.84. The summed E-state index contributed by atoms with van der Waals surface area (Å²) in [5.74, 6) is -0.326. The summed E-state index contributed by atoms with van der Waals surface area (Å²) in [4.78, 5) is 12.7. The fourth-order valence-electron chi connectivity index (χ4n) is 2.93. The van der Waals surface area contributed by atoms with Crippen molar-refractivity contribution in [3.05, 3.63) is 29.3 Å². The predicted molar refractivity (Wildman–Crippen MR) is 84.4 cm³/mol. The minimum absolute atomic E-state index is 0.0417. The zero-order valence-electron chi connectivity index (χ0n) is 13.5. The van der Waals surface area contributed by atoms with Gasteiger partial charge in [0.2, 0.25) is 5.91 Å². The number of ether oxygens (including phenoxy) is 1. The number of nitrogens with two attached hydrogens (primary N) is 1. The Morgan fingerprint density at radius 2 is 2.00 bits per heavy atom. The highest BCUT2D eigenvalue weighted by atomic mass is 19.4. The minimum atomic E-state index is -4.50. The topological polar surface area (TPSA) is 76.4 Å². The van der Waals surface area contributed by atoms with Crippen molar-refractivity contribution in [3.63, 3.8) is 0 Å². The van der Waals surface area contributed by atoms with Gasteiger partial charge in [-0.25, -0.2) is 0 Å². The van der Waals surface area contributed by atoms with Crippen LogP contribution in [-0.4, -0.2) is 32.7 Å². The number of benzene rings is 1. The molecular formula is C16H22F3N3O2. The van der Waals surface area contributed by atoms with Crippen molar-refractivity contribution in [3.8, 4) is 0 Å². The third-order valence-corrected chi connectivity index (χ3v) is 4.28. The SMILES string of the molecule is COCC1(C(=O)Nc2cc(CN)cc(C(F)(F)F)c2)CCNCC1. The lowest BCUT2D eigenvalue weighted by molar-refractivity contribution is -0.137. The lowest BCUT2D eigenvalue weighted by atomic mass is 9.78. The van der Waals surface area contributed by atoms with Gasteiger partial charge < -0.3 is 21.1 Å². The van der Waals surface area contributed by atoms with Gasteiger partial charge >= 0.3 is 6.18 Å². The van der Waals surface area contributed by atoms with Gasteiger partial charge in [-0.3, -0.25) is 4.79 Å². The quantitative estimate of drug-likeness (QED) is 0.764. The number of piperidine rings is 1. The van der Waals surface area contributed by atoms with Gasteiger partial charge in [0.1, 0.15) is 0 Å². The molecule has 5 nitrogen and oxygen atoms in total. The van der Waals surface area contributed by atoms with Crippen molar-refractivity contribution >= 4 is 11.6 Å². The molecule has 0 aromatic heterocycles. The number of alkyl halides is 3. The van der Waals surface area contributed by atoms with Crippen LogP contribution in [0.3, 0.4) is 0 Å². The Labute approximate surface area is 138 Å². The smallest absolute Gasteiger partial charge is 0.384 e. The van der Waals surface area contributed by atoms with E-state index in [0.29, 0.717) is 31.5 Å². The molecule has 24 heavy (non-hydrogen) atoms. The Hall–Kier alpha value is -1.64. The summed E-state index contributed by atoms with van der Waals surface area (Å²) in [6.07, 6.45) is -3.37. The van der Waals surface area contributed by atoms with E-state index in [4.69, 9.17) is 10.5 Å². The molecule has 1 saturated heterocycles. The van der Waals surface area contributed by atoms with Crippen LogP contribution in [0.1, 0.15) is 24.0 Å². The van der Waals surface area contributed by atoms with Crippen LogP contribution in [0.5, 0.6) is 0 Å². The highest BCUT2D eigenvalue weighted by Gasteiger charge is 2.40. The number of halogens is 3. The van der Waals surface area contributed by atoms with Crippen molar-refractivity contribution in [2.24, 2.45) is 11.1 Å². The van der Waals surface area contributed by atoms with E-state index < -0.39 is 17.2 Å². The minimum Gasteiger partial charge on any atom is -0.384 e. The number of methoxy groups -OCH3 is 1. The molecule has 8 heteroatoms. The second-order valence-corrected chi connectivity index (χ2v) is 6.04. The number of carbonyl (C=O) groups excluding carboxylic acids is 1. The van der Waals surface area contributed by atoms with Crippen LogP contribution in [0.4, 0.5) is 18.9 Å². The Morgan fingerprint density at radius 1 is 1.33 bits per heavy atom. The average molecular weight is 345 g/mol. The summed E-state index contributed by atoms with van der Waals surface area (Å²) in [5, 5.41) is 5.79. The molecule has 2 rings (SSSR count). The molecule has 1 aliphatic rings. The van der Waals surface area contributed by atoms with Crippen LogP contribution in [0.25, 0.3) is 0 Å². The first-order chi connectivity index (χ1) is 11.3. The van der Waals surface area contributed by atoms with Gasteiger partial charge in [-0.15, -0.1) is 0 Å². The van der Waals surface area contributed by atoms with Gasteiger partial charge in [-0.1, -0.05) is 0 Å². The molecule has 1 aromatic carbocycles. The second kappa shape index (κ2) is 7.50. The van der Waals surface area contributed by atoms with Crippen molar-refractivity contribution in [2.75, 3.05) is 32.1 Å². The lowest BCUT2D eigenvalue weighted by Gasteiger charge is -2.35. The maximum absolute atomic E-state index is 13.0. The van der Waals surface area contributed by atoms with Crippen LogP contribution >= 0.6 is 0 Å². The Balaban J connectivity index is 2.26.